The highest BCUT2D eigenvalue weighted by atomic mass is 19.1. The number of aliphatic hydroxyl groups excluding tert-OH is 2. The smallest absolute Gasteiger partial charge is 0.227 e. The van der Waals surface area contributed by atoms with Crippen LogP contribution in [0.15, 0.2) is 66.9 Å². The number of aliphatic hydroxyl groups is 2. The topological polar surface area (TPSA) is 118 Å². The molecule has 3 aromatic rings. The Balaban J connectivity index is 1.29. The Morgan fingerprint density at radius 1 is 1.15 bits per heavy atom. The van der Waals surface area contributed by atoms with E-state index < -0.39 is 23.7 Å². The molecule has 2 aromatic carbocycles. The lowest BCUT2D eigenvalue weighted by molar-refractivity contribution is -0.130. The van der Waals surface area contributed by atoms with Crippen molar-refractivity contribution in [3.8, 4) is 17.0 Å². The number of hydrogen-bond acceptors (Lipinski definition) is 6. The van der Waals surface area contributed by atoms with Crippen LogP contribution in [-0.4, -0.2) is 52.5 Å². The Labute approximate surface area is 241 Å². The number of nitrogens with two attached hydrogens (primary N) is 1. The molecule has 2 aliphatic carbocycles. The van der Waals surface area contributed by atoms with Crippen LogP contribution in [0.25, 0.3) is 11.1 Å². The molecule has 1 unspecified atom stereocenters. The second-order valence-electron chi connectivity index (χ2n) is 11.8. The van der Waals surface area contributed by atoms with E-state index in [4.69, 9.17) is 10.5 Å². The fraction of sp³-hybridized carbons (Fsp3) is 0.455. The van der Waals surface area contributed by atoms with Crippen LogP contribution in [0.3, 0.4) is 0 Å². The number of benzene rings is 2. The number of halogens is 1. The minimum atomic E-state index is -0.985. The van der Waals surface area contributed by atoms with Crippen molar-refractivity contribution in [1.82, 2.24) is 10.3 Å². The van der Waals surface area contributed by atoms with E-state index in [0.717, 1.165) is 29.5 Å². The summed E-state index contributed by atoms with van der Waals surface area (Å²) >= 11 is 0. The standard InChI is InChI=1S/C33H40FN3O4/c1-20-6-5-9-28(38)31(20)37-32(40)33(17-25(33)24-7-3-4-8-26(24)34)18-29(39)27(35)16-21-10-12-22(13-11-21)23-14-15-30(41-2)36-19-23/h3-4,7-8,10-15,19-20,25,27-29,31,38-39H,5-6,9,16-18,35H2,1-2H3,(H,37,40)/t20-,25+,27+,28-,29+,31+,33?/m1/s1. The zero-order valence-corrected chi connectivity index (χ0v) is 23.7. The van der Waals surface area contributed by atoms with Gasteiger partial charge in [-0.25, -0.2) is 9.37 Å². The second-order valence-corrected chi connectivity index (χ2v) is 11.8. The van der Waals surface area contributed by atoms with Gasteiger partial charge in [0.2, 0.25) is 11.8 Å². The highest BCUT2D eigenvalue weighted by Crippen LogP contribution is 2.63. The number of carbonyl (C=O) groups is 1. The molecule has 2 fully saturated rings. The summed E-state index contributed by atoms with van der Waals surface area (Å²) in [6.45, 7) is 2.03. The number of amides is 1. The Hall–Kier alpha value is -3.33. The number of nitrogens with one attached hydrogen (secondary N) is 1. The van der Waals surface area contributed by atoms with Gasteiger partial charge in [-0.15, -0.1) is 0 Å². The van der Waals surface area contributed by atoms with Crippen LogP contribution in [0, 0.1) is 17.2 Å². The average molecular weight is 562 g/mol. The number of carbonyl (C=O) groups excluding carboxylic acids is 1. The third-order valence-electron chi connectivity index (χ3n) is 9.06. The minimum Gasteiger partial charge on any atom is -0.481 e. The molecule has 1 aromatic heterocycles. The number of hydrogen-bond donors (Lipinski definition) is 4. The van der Waals surface area contributed by atoms with Crippen molar-refractivity contribution in [2.24, 2.45) is 17.1 Å². The lowest BCUT2D eigenvalue weighted by Gasteiger charge is -2.35. The molecule has 1 heterocycles. The van der Waals surface area contributed by atoms with Crippen LogP contribution >= 0.6 is 0 Å². The van der Waals surface area contributed by atoms with E-state index in [-0.39, 0.29) is 36.0 Å². The number of aromatic nitrogens is 1. The van der Waals surface area contributed by atoms with E-state index in [9.17, 15) is 19.4 Å². The summed E-state index contributed by atoms with van der Waals surface area (Å²) in [7, 11) is 1.58. The molecule has 0 radical (unpaired) electrons. The first-order chi connectivity index (χ1) is 19.7. The van der Waals surface area contributed by atoms with Crippen molar-refractivity contribution in [3.05, 3.63) is 83.8 Å². The Bertz CT molecular complexity index is 1330. The van der Waals surface area contributed by atoms with E-state index in [0.29, 0.717) is 30.7 Å². The van der Waals surface area contributed by atoms with Gasteiger partial charge >= 0.3 is 0 Å². The van der Waals surface area contributed by atoms with Crippen LogP contribution < -0.4 is 15.8 Å². The maximum atomic E-state index is 14.8. The molecule has 5 N–H and O–H groups in total. The fourth-order valence-corrected chi connectivity index (χ4v) is 6.40. The highest BCUT2D eigenvalue weighted by molar-refractivity contribution is 5.88. The second kappa shape index (κ2) is 12.3. The molecule has 1 amide bonds. The summed E-state index contributed by atoms with van der Waals surface area (Å²) < 4.78 is 19.9. The quantitative estimate of drug-likeness (QED) is 0.292. The number of nitrogens with zero attached hydrogens (tertiary/aromatic N) is 1. The number of pyridine rings is 1. The Morgan fingerprint density at radius 2 is 1.88 bits per heavy atom. The molecule has 7 atom stereocenters. The zero-order valence-electron chi connectivity index (χ0n) is 23.7. The summed E-state index contributed by atoms with van der Waals surface area (Å²) in [4.78, 5) is 18.1. The van der Waals surface area contributed by atoms with Crippen LogP contribution in [-0.2, 0) is 11.2 Å². The van der Waals surface area contributed by atoms with Crippen molar-refractivity contribution >= 4 is 5.91 Å². The van der Waals surface area contributed by atoms with Gasteiger partial charge in [0, 0.05) is 29.8 Å². The van der Waals surface area contributed by atoms with Gasteiger partial charge in [-0.2, -0.15) is 0 Å². The predicted molar refractivity (Wildman–Crippen MR) is 156 cm³/mol. The molecule has 5 rings (SSSR count). The molecule has 2 aliphatic rings. The maximum Gasteiger partial charge on any atom is 0.227 e. The molecule has 2 saturated carbocycles. The van der Waals surface area contributed by atoms with Gasteiger partial charge in [0.1, 0.15) is 5.82 Å². The zero-order chi connectivity index (χ0) is 29.1. The lowest BCUT2D eigenvalue weighted by atomic mass is 9.82. The van der Waals surface area contributed by atoms with Gasteiger partial charge in [0.05, 0.1) is 30.8 Å². The van der Waals surface area contributed by atoms with Crippen LogP contribution in [0.1, 0.15) is 56.1 Å². The molecule has 218 valence electrons. The molecule has 41 heavy (non-hydrogen) atoms. The summed E-state index contributed by atoms with van der Waals surface area (Å²) in [5.41, 5.74) is 8.90. The highest BCUT2D eigenvalue weighted by Gasteiger charge is 2.62. The Morgan fingerprint density at radius 3 is 2.54 bits per heavy atom. The SMILES string of the molecule is COc1ccc(-c2ccc(C[C@H](N)[C@@H](O)CC3(C(=O)N[C@H]4[C@H](C)CCC[C@H]4O)C[C@H]3c3ccccc3F)cc2)cn1. The molecule has 0 saturated heterocycles. The van der Waals surface area contributed by atoms with Crippen molar-refractivity contribution in [3.63, 3.8) is 0 Å². The molecule has 0 spiro atoms. The molecule has 8 heteroatoms. The van der Waals surface area contributed by atoms with Crippen molar-refractivity contribution in [1.29, 1.82) is 0 Å². The van der Waals surface area contributed by atoms with Gasteiger partial charge in [-0.3, -0.25) is 4.79 Å². The number of methoxy groups -OCH3 is 1. The van der Waals surface area contributed by atoms with Gasteiger partial charge in [0.15, 0.2) is 0 Å². The molecule has 0 aliphatic heterocycles. The van der Waals surface area contributed by atoms with E-state index in [2.05, 4.69) is 10.3 Å². The summed E-state index contributed by atoms with van der Waals surface area (Å²) in [5.74, 6) is -0.279. The van der Waals surface area contributed by atoms with Crippen molar-refractivity contribution in [2.75, 3.05) is 7.11 Å². The van der Waals surface area contributed by atoms with Crippen molar-refractivity contribution in [2.45, 2.75) is 75.7 Å². The first-order valence-corrected chi connectivity index (χ1v) is 14.5. The third kappa shape index (κ3) is 6.30. The summed E-state index contributed by atoms with van der Waals surface area (Å²) in [6, 6.07) is 17.2. The summed E-state index contributed by atoms with van der Waals surface area (Å²) in [6.07, 6.45) is 3.60. The molecular weight excluding hydrogens is 521 g/mol. The monoisotopic (exact) mass is 561 g/mol. The number of rotatable bonds is 10. The van der Waals surface area contributed by atoms with Crippen LogP contribution in [0.4, 0.5) is 4.39 Å². The van der Waals surface area contributed by atoms with Gasteiger partial charge in [0.25, 0.3) is 0 Å². The third-order valence-corrected chi connectivity index (χ3v) is 9.06. The average Bonchev–Trinajstić information content (AvgIpc) is 3.70. The predicted octanol–water partition coefficient (Wildman–Crippen LogP) is 4.36. The van der Waals surface area contributed by atoms with E-state index in [1.165, 1.54) is 6.07 Å². The molecule has 7 nitrogen and oxygen atoms in total. The van der Waals surface area contributed by atoms with Crippen LogP contribution in [0.2, 0.25) is 0 Å². The maximum absolute atomic E-state index is 14.8. The number of ether oxygens (including phenoxy) is 1. The molecule has 0 bridgehead atoms. The van der Waals surface area contributed by atoms with E-state index in [1.54, 1.807) is 31.5 Å². The van der Waals surface area contributed by atoms with Gasteiger partial charge in [-0.1, -0.05) is 55.8 Å². The van der Waals surface area contributed by atoms with Gasteiger partial charge in [-0.05, 0) is 66.8 Å². The van der Waals surface area contributed by atoms with Gasteiger partial charge < -0.3 is 26.0 Å². The summed E-state index contributed by atoms with van der Waals surface area (Å²) in [5, 5.41) is 24.9. The normalized spacial score (nSPS) is 27.1. The molecular formula is C33H40FN3O4. The lowest BCUT2D eigenvalue weighted by Crippen LogP contribution is -2.52. The first kappa shape index (κ1) is 29.2. The van der Waals surface area contributed by atoms with Crippen molar-refractivity contribution < 1.29 is 24.1 Å². The van der Waals surface area contributed by atoms with E-state index >= 15 is 0 Å². The van der Waals surface area contributed by atoms with E-state index in [1.807, 2.05) is 43.3 Å². The van der Waals surface area contributed by atoms with Crippen LogP contribution in [0.5, 0.6) is 5.88 Å². The largest absolute Gasteiger partial charge is 0.481 e. The Kier molecular flexibility index (Phi) is 8.73. The fourth-order valence-electron chi connectivity index (χ4n) is 6.40. The minimum absolute atomic E-state index is 0.117. The first-order valence-electron chi connectivity index (χ1n) is 14.5.